The Labute approximate surface area is 142 Å². The molecule has 0 aliphatic rings. The fourth-order valence-corrected chi connectivity index (χ4v) is 2.78. The summed E-state index contributed by atoms with van der Waals surface area (Å²) in [5.74, 6) is -0.474. The quantitative estimate of drug-likeness (QED) is 0.377. The lowest BCUT2D eigenvalue weighted by Crippen LogP contribution is -2.35. The first-order valence-electron chi connectivity index (χ1n) is 7.61. The number of nitrogens with one attached hydrogen (secondary N) is 1. The van der Waals surface area contributed by atoms with Crippen molar-refractivity contribution >= 4 is 24.7 Å². The van der Waals surface area contributed by atoms with E-state index >= 15 is 0 Å². The zero-order chi connectivity index (χ0) is 18.4. The minimum absolute atomic E-state index is 0.0315. The number of nitrogens with zero attached hydrogens (tertiary/aromatic N) is 4. The van der Waals surface area contributed by atoms with Crippen molar-refractivity contribution in [2.75, 3.05) is 32.4 Å². The molecule has 0 aromatic carbocycles. The summed E-state index contributed by atoms with van der Waals surface area (Å²) in [4.78, 5) is 53.4. The topological polar surface area (TPSA) is 151 Å². The van der Waals surface area contributed by atoms with Crippen molar-refractivity contribution in [2.24, 2.45) is 0 Å². The number of rotatable bonds is 9. The molecule has 0 aliphatic heterocycles. The first-order valence-corrected chi connectivity index (χ1v) is 9.41. The van der Waals surface area contributed by atoms with Gasteiger partial charge in [-0.3, -0.25) is 19.1 Å². The Morgan fingerprint density at radius 3 is 2.84 bits per heavy atom. The van der Waals surface area contributed by atoms with Gasteiger partial charge in [0, 0.05) is 19.6 Å². The molecule has 0 amide bonds. The van der Waals surface area contributed by atoms with E-state index in [4.69, 9.17) is 14.5 Å². The van der Waals surface area contributed by atoms with E-state index in [1.54, 1.807) is 16.4 Å². The molecule has 2 rings (SSSR count). The highest BCUT2D eigenvalue weighted by Gasteiger charge is 2.18. The smallest absolute Gasteiger partial charge is 0.326 e. The number of carbonyl (C=O) groups excluding carboxylic acids is 1. The van der Waals surface area contributed by atoms with Crippen LogP contribution in [0.4, 0.5) is 0 Å². The summed E-state index contributed by atoms with van der Waals surface area (Å²) in [6.07, 6.45) is 2.36. The van der Waals surface area contributed by atoms with Gasteiger partial charge in [-0.15, -0.1) is 0 Å². The van der Waals surface area contributed by atoms with E-state index in [2.05, 4.69) is 15.0 Å². The van der Waals surface area contributed by atoms with Crippen LogP contribution in [0.25, 0.3) is 11.2 Å². The van der Waals surface area contributed by atoms with Crippen molar-refractivity contribution in [2.45, 2.75) is 13.5 Å². The molecule has 138 valence electrons. The van der Waals surface area contributed by atoms with Gasteiger partial charge in [-0.1, -0.05) is 0 Å². The summed E-state index contributed by atoms with van der Waals surface area (Å²) in [5, 5.41) is 0. The lowest BCUT2D eigenvalue weighted by Gasteiger charge is -2.21. The van der Waals surface area contributed by atoms with Crippen molar-refractivity contribution in [1.82, 2.24) is 24.4 Å². The van der Waals surface area contributed by atoms with Crippen molar-refractivity contribution in [3.8, 4) is 0 Å². The SMILES string of the molecule is CCOC(=O)CN(CCn1cnc2c(=O)[nH]cnc21)CCP(=O)(O)O. The van der Waals surface area contributed by atoms with E-state index in [1.807, 2.05) is 0 Å². The lowest BCUT2D eigenvalue weighted by atomic mass is 10.4. The summed E-state index contributed by atoms with van der Waals surface area (Å²) in [5.41, 5.74) is 0.248. The number of aromatic nitrogens is 4. The van der Waals surface area contributed by atoms with Gasteiger partial charge in [0.1, 0.15) is 0 Å². The van der Waals surface area contributed by atoms with Gasteiger partial charge in [-0.25, -0.2) is 9.97 Å². The fourth-order valence-electron chi connectivity index (χ4n) is 2.24. The van der Waals surface area contributed by atoms with Crippen molar-refractivity contribution in [1.29, 1.82) is 0 Å². The summed E-state index contributed by atoms with van der Waals surface area (Å²) >= 11 is 0. The Kier molecular flexibility index (Phi) is 6.43. The lowest BCUT2D eigenvalue weighted by molar-refractivity contribution is -0.144. The number of fused-ring (bicyclic) bond motifs is 1. The van der Waals surface area contributed by atoms with E-state index in [0.717, 1.165) is 0 Å². The molecule has 2 aromatic heterocycles. The van der Waals surface area contributed by atoms with E-state index < -0.39 is 13.6 Å². The van der Waals surface area contributed by atoms with E-state index in [9.17, 15) is 14.2 Å². The molecule has 0 saturated carbocycles. The van der Waals surface area contributed by atoms with Crippen LogP contribution in [0.2, 0.25) is 0 Å². The molecular weight excluding hydrogens is 353 g/mol. The van der Waals surface area contributed by atoms with Gasteiger partial charge in [0.05, 0.1) is 32.0 Å². The standard InChI is InChI=1S/C13H20N5O6P/c1-2-24-10(19)7-17(5-6-25(21,22)23)3-4-18-9-16-11-12(18)14-8-15-13(11)20/h8-9H,2-7H2,1H3,(H,14,15,20)(H2,21,22,23). The molecular formula is C13H20N5O6P. The van der Waals surface area contributed by atoms with Crippen LogP contribution in [-0.2, 0) is 20.6 Å². The number of esters is 1. The van der Waals surface area contributed by atoms with Crippen LogP contribution in [0, 0.1) is 0 Å². The van der Waals surface area contributed by atoms with Crippen LogP contribution < -0.4 is 5.56 Å². The average molecular weight is 373 g/mol. The molecule has 2 aromatic rings. The number of hydrogen-bond donors (Lipinski definition) is 3. The second-order valence-electron chi connectivity index (χ2n) is 5.31. The zero-order valence-corrected chi connectivity index (χ0v) is 14.6. The fraction of sp³-hybridized carbons (Fsp3) is 0.538. The monoisotopic (exact) mass is 373 g/mol. The van der Waals surface area contributed by atoms with E-state index in [1.165, 1.54) is 12.7 Å². The van der Waals surface area contributed by atoms with Gasteiger partial charge in [0.15, 0.2) is 11.2 Å². The first kappa shape index (κ1) is 19.3. The summed E-state index contributed by atoms with van der Waals surface area (Å²) in [6, 6.07) is 0. The maximum atomic E-state index is 11.7. The molecule has 0 saturated heterocycles. The molecule has 0 radical (unpaired) electrons. The molecule has 0 bridgehead atoms. The van der Waals surface area contributed by atoms with Crippen LogP contribution in [0.15, 0.2) is 17.4 Å². The predicted molar refractivity (Wildman–Crippen MR) is 88.1 cm³/mol. The molecule has 12 heteroatoms. The largest absolute Gasteiger partial charge is 0.465 e. The Balaban J connectivity index is 2.06. The second kappa shape index (κ2) is 8.34. The zero-order valence-electron chi connectivity index (χ0n) is 13.7. The highest BCUT2D eigenvalue weighted by Crippen LogP contribution is 2.33. The minimum Gasteiger partial charge on any atom is -0.465 e. The number of hydrogen-bond acceptors (Lipinski definition) is 7. The van der Waals surface area contributed by atoms with Gasteiger partial charge in [-0.05, 0) is 6.92 Å². The highest BCUT2D eigenvalue weighted by atomic mass is 31.2. The van der Waals surface area contributed by atoms with Gasteiger partial charge in [0.25, 0.3) is 5.56 Å². The maximum absolute atomic E-state index is 11.7. The van der Waals surface area contributed by atoms with Crippen molar-refractivity contribution < 1.29 is 23.9 Å². The third-order valence-corrected chi connectivity index (χ3v) is 4.21. The molecule has 0 aliphatic carbocycles. The molecule has 25 heavy (non-hydrogen) atoms. The summed E-state index contributed by atoms with van der Waals surface area (Å²) in [6.45, 7) is 2.49. The highest BCUT2D eigenvalue weighted by molar-refractivity contribution is 7.51. The van der Waals surface area contributed by atoms with E-state index in [-0.39, 0.29) is 36.9 Å². The van der Waals surface area contributed by atoms with Crippen molar-refractivity contribution in [3.05, 3.63) is 23.0 Å². The molecule has 0 unspecified atom stereocenters. The number of ether oxygens (including phenoxy) is 1. The second-order valence-corrected chi connectivity index (χ2v) is 7.09. The Hall–Kier alpha value is -2.07. The average Bonchev–Trinajstić information content (AvgIpc) is 2.94. The molecule has 0 atom stereocenters. The van der Waals surface area contributed by atoms with Crippen LogP contribution in [0.5, 0.6) is 0 Å². The van der Waals surface area contributed by atoms with Gasteiger partial charge >= 0.3 is 13.6 Å². The van der Waals surface area contributed by atoms with E-state index in [0.29, 0.717) is 18.7 Å². The molecule has 0 fully saturated rings. The molecule has 0 spiro atoms. The molecule has 2 heterocycles. The Morgan fingerprint density at radius 2 is 2.16 bits per heavy atom. The van der Waals surface area contributed by atoms with Crippen LogP contribution in [0.1, 0.15) is 6.92 Å². The third-order valence-electron chi connectivity index (χ3n) is 3.43. The summed E-state index contributed by atoms with van der Waals surface area (Å²) in [7, 11) is -4.18. The van der Waals surface area contributed by atoms with Gasteiger partial charge in [0.2, 0.25) is 0 Å². The van der Waals surface area contributed by atoms with Crippen LogP contribution >= 0.6 is 7.60 Å². The van der Waals surface area contributed by atoms with Crippen LogP contribution in [0.3, 0.4) is 0 Å². The van der Waals surface area contributed by atoms with Gasteiger partial charge < -0.3 is 24.1 Å². The third kappa shape index (κ3) is 5.75. The van der Waals surface area contributed by atoms with Crippen LogP contribution in [-0.4, -0.2) is 72.6 Å². The number of imidazole rings is 1. The number of H-pyrrole nitrogens is 1. The first-order chi connectivity index (χ1) is 11.8. The van der Waals surface area contributed by atoms with Crippen molar-refractivity contribution in [3.63, 3.8) is 0 Å². The van der Waals surface area contributed by atoms with Gasteiger partial charge in [-0.2, -0.15) is 0 Å². The maximum Gasteiger partial charge on any atom is 0.326 e. The minimum atomic E-state index is -4.18. The Morgan fingerprint density at radius 1 is 1.40 bits per heavy atom. The Bertz CT molecular complexity index is 828. The normalized spacial score (nSPS) is 12.0. The molecule has 3 N–H and O–H groups in total. The number of carbonyl (C=O) groups is 1. The molecule has 11 nitrogen and oxygen atoms in total. The summed E-state index contributed by atoms with van der Waals surface area (Å²) < 4.78 is 17.6. The number of aromatic amines is 1. The predicted octanol–water partition coefficient (Wildman–Crippen LogP) is -0.838.